The molecule has 0 radical (unpaired) electrons. The lowest BCUT2D eigenvalue weighted by molar-refractivity contribution is -0.140. The number of carbonyl (C=O) groups is 1. The zero-order chi connectivity index (χ0) is 16.7. The molecule has 0 aliphatic carbocycles. The monoisotopic (exact) mass is 354 g/mol. The SMILES string of the molecule is CCNCC1CCN(C(=O)C(CC)Oc2ccccc2C)CC1.Cl. The Kier molecular flexibility index (Phi) is 9.16. The van der Waals surface area contributed by atoms with Gasteiger partial charge < -0.3 is 15.0 Å². The van der Waals surface area contributed by atoms with Crippen molar-refractivity contribution in [2.45, 2.75) is 46.1 Å². The van der Waals surface area contributed by atoms with Gasteiger partial charge in [-0.25, -0.2) is 0 Å². The van der Waals surface area contributed by atoms with Crippen molar-refractivity contribution in [1.29, 1.82) is 0 Å². The second-order valence-electron chi connectivity index (χ2n) is 6.36. The minimum atomic E-state index is -0.374. The van der Waals surface area contributed by atoms with Gasteiger partial charge in [0.05, 0.1) is 0 Å². The van der Waals surface area contributed by atoms with Crippen LogP contribution >= 0.6 is 12.4 Å². The third-order valence-corrected chi connectivity index (χ3v) is 4.62. The van der Waals surface area contributed by atoms with Crippen LogP contribution in [-0.2, 0) is 4.79 Å². The van der Waals surface area contributed by atoms with Crippen LogP contribution in [0.3, 0.4) is 0 Å². The molecule has 0 aromatic heterocycles. The first-order chi connectivity index (χ1) is 11.2. The van der Waals surface area contributed by atoms with E-state index in [-0.39, 0.29) is 24.4 Å². The fourth-order valence-electron chi connectivity index (χ4n) is 3.06. The molecule has 1 saturated heterocycles. The molecule has 0 saturated carbocycles. The summed E-state index contributed by atoms with van der Waals surface area (Å²) in [6, 6.07) is 7.89. The number of nitrogens with one attached hydrogen (secondary N) is 1. The molecule has 1 amide bonds. The molecule has 4 nitrogen and oxygen atoms in total. The van der Waals surface area contributed by atoms with E-state index in [4.69, 9.17) is 4.74 Å². The molecule has 1 aromatic carbocycles. The Morgan fingerprint density at radius 1 is 1.29 bits per heavy atom. The molecule has 1 aliphatic heterocycles. The van der Waals surface area contributed by atoms with Gasteiger partial charge in [-0.05, 0) is 56.8 Å². The van der Waals surface area contributed by atoms with E-state index in [1.54, 1.807) is 0 Å². The number of aryl methyl sites for hydroxylation is 1. The zero-order valence-corrected chi connectivity index (χ0v) is 15.9. The summed E-state index contributed by atoms with van der Waals surface area (Å²) in [7, 11) is 0. The number of hydrogen-bond donors (Lipinski definition) is 1. The molecule has 5 heteroatoms. The van der Waals surface area contributed by atoms with Crippen molar-refractivity contribution in [3.05, 3.63) is 29.8 Å². The molecular weight excluding hydrogens is 324 g/mol. The van der Waals surface area contributed by atoms with Crippen molar-refractivity contribution >= 4 is 18.3 Å². The molecule has 136 valence electrons. The van der Waals surface area contributed by atoms with Crippen LogP contribution < -0.4 is 10.1 Å². The Morgan fingerprint density at radius 2 is 1.96 bits per heavy atom. The number of piperidine rings is 1. The Morgan fingerprint density at radius 3 is 2.54 bits per heavy atom. The molecule has 2 rings (SSSR count). The zero-order valence-electron chi connectivity index (χ0n) is 15.1. The highest BCUT2D eigenvalue weighted by atomic mass is 35.5. The number of carbonyl (C=O) groups excluding carboxylic acids is 1. The third-order valence-electron chi connectivity index (χ3n) is 4.62. The Labute approximate surface area is 152 Å². The number of likely N-dealkylation sites (tertiary alicyclic amines) is 1. The maximum atomic E-state index is 12.8. The number of para-hydroxylation sites is 1. The van der Waals surface area contributed by atoms with E-state index >= 15 is 0 Å². The van der Waals surface area contributed by atoms with E-state index in [9.17, 15) is 4.79 Å². The first-order valence-electron chi connectivity index (χ1n) is 8.87. The Bertz CT molecular complexity index is 502. The molecule has 1 aliphatic rings. The topological polar surface area (TPSA) is 41.6 Å². The molecule has 1 N–H and O–H groups in total. The van der Waals surface area contributed by atoms with Crippen LogP contribution in [0.2, 0.25) is 0 Å². The molecular formula is C19H31ClN2O2. The van der Waals surface area contributed by atoms with Gasteiger partial charge in [0.15, 0.2) is 6.10 Å². The lowest BCUT2D eigenvalue weighted by atomic mass is 9.96. The molecule has 0 spiro atoms. The lowest BCUT2D eigenvalue weighted by Crippen LogP contribution is -2.46. The lowest BCUT2D eigenvalue weighted by Gasteiger charge is -2.34. The molecule has 1 atom stereocenters. The normalized spacial score (nSPS) is 16.4. The number of hydrogen-bond acceptors (Lipinski definition) is 3. The summed E-state index contributed by atoms with van der Waals surface area (Å²) in [5.41, 5.74) is 1.07. The third kappa shape index (κ3) is 5.67. The minimum Gasteiger partial charge on any atom is -0.480 e. The summed E-state index contributed by atoms with van der Waals surface area (Å²) in [5.74, 6) is 1.64. The molecule has 1 heterocycles. The predicted molar refractivity (Wildman–Crippen MR) is 101 cm³/mol. The van der Waals surface area contributed by atoms with Crippen molar-refractivity contribution in [3.63, 3.8) is 0 Å². The predicted octanol–water partition coefficient (Wildman–Crippen LogP) is 3.42. The number of nitrogens with zero attached hydrogens (tertiary/aromatic N) is 1. The van der Waals surface area contributed by atoms with E-state index in [0.717, 1.165) is 50.3 Å². The van der Waals surface area contributed by atoms with Crippen LogP contribution in [0.15, 0.2) is 24.3 Å². The van der Waals surface area contributed by atoms with Gasteiger partial charge in [-0.2, -0.15) is 0 Å². The van der Waals surface area contributed by atoms with Crippen LogP contribution in [-0.4, -0.2) is 43.1 Å². The Hall–Kier alpha value is -1.26. The first kappa shape index (κ1) is 20.8. The second-order valence-corrected chi connectivity index (χ2v) is 6.36. The van der Waals surface area contributed by atoms with Crippen LogP contribution in [0.4, 0.5) is 0 Å². The van der Waals surface area contributed by atoms with Gasteiger partial charge in [-0.1, -0.05) is 32.0 Å². The van der Waals surface area contributed by atoms with Gasteiger partial charge in [0.1, 0.15) is 5.75 Å². The smallest absolute Gasteiger partial charge is 0.263 e. The maximum absolute atomic E-state index is 12.8. The molecule has 24 heavy (non-hydrogen) atoms. The van der Waals surface area contributed by atoms with Crippen LogP contribution in [0.1, 0.15) is 38.7 Å². The summed E-state index contributed by atoms with van der Waals surface area (Å²) in [5, 5.41) is 3.41. The number of halogens is 1. The molecule has 1 fully saturated rings. The van der Waals surface area contributed by atoms with Crippen molar-refractivity contribution in [2.75, 3.05) is 26.2 Å². The van der Waals surface area contributed by atoms with E-state index < -0.39 is 0 Å². The van der Waals surface area contributed by atoms with Crippen molar-refractivity contribution in [1.82, 2.24) is 10.2 Å². The standard InChI is InChI=1S/C19H30N2O2.ClH/c1-4-17(23-18-9-7-6-8-15(18)3)19(22)21-12-10-16(11-13-21)14-20-5-2;/h6-9,16-17,20H,4-5,10-14H2,1-3H3;1H. The molecule has 1 unspecified atom stereocenters. The summed E-state index contributed by atoms with van der Waals surface area (Å²) in [6.45, 7) is 9.94. The molecule has 0 bridgehead atoms. The average molecular weight is 355 g/mol. The van der Waals surface area contributed by atoms with Gasteiger partial charge in [0.25, 0.3) is 5.91 Å². The van der Waals surface area contributed by atoms with E-state index in [1.807, 2.05) is 43.0 Å². The fourth-order valence-corrected chi connectivity index (χ4v) is 3.06. The van der Waals surface area contributed by atoms with E-state index in [2.05, 4.69) is 12.2 Å². The van der Waals surface area contributed by atoms with Crippen LogP contribution in [0.5, 0.6) is 5.75 Å². The number of ether oxygens (including phenoxy) is 1. The first-order valence-corrected chi connectivity index (χ1v) is 8.87. The Balaban J connectivity index is 0.00000288. The maximum Gasteiger partial charge on any atom is 0.263 e. The van der Waals surface area contributed by atoms with Crippen LogP contribution in [0.25, 0.3) is 0 Å². The summed E-state index contributed by atoms with van der Waals surface area (Å²) in [4.78, 5) is 14.7. The minimum absolute atomic E-state index is 0. The summed E-state index contributed by atoms with van der Waals surface area (Å²) in [6.07, 6.45) is 2.49. The van der Waals surface area contributed by atoms with Crippen molar-refractivity contribution in [3.8, 4) is 5.75 Å². The number of benzene rings is 1. The largest absolute Gasteiger partial charge is 0.480 e. The van der Waals surface area contributed by atoms with Gasteiger partial charge >= 0.3 is 0 Å². The number of rotatable bonds is 7. The summed E-state index contributed by atoms with van der Waals surface area (Å²) >= 11 is 0. The molecule has 1 aromatic rings. The highest BCUT2D eigenvalue weighted by Crippen LogP contribution is 2.22. The van der Waals surface area contributed by atoms with Gasteiger partial charge in [0.2, 0.25) is 0 Å². The van der Waals surface area contributed by atoms with Gasteiger partial charge in [-0.3, -0.25) is 4.79 Å². The van der Waals surface area contributed by atoms with Gasteiger partial charge in [-0.15, -0.1) is 12.4 Å². The van der Waals surface area contributed by atoms with E-state index in [0.29, 0.717) is 12.3 Å². The van der Waals surface area contributed by atoms with Crippen LogP contribution in [0, 0.1) is 12.8 Å². The average Bonchev–Trinajstić information content (AvgIpc) is 2.59. The second kappa shape index (κ2) is 10.6. The quantitative estimate of drug-likeness (QED) is 0.815. The number of amides is 1. The van der Waals surface area contributed by atoms with Crippen molar-refractivity contribution < 1.29 is 9.53 Å². The fraction of sp³-hybridized carbons (Fsp3) is 0.632. The highest BCUT2D eigenvalue weighted by Gasteiger charge is 2.28. The summed E-state index contributed by atoms with van der Waals surface area (Å²) < 4.78 is 6.00. The van der Waals surface area contributed by atoms with Crippen molar-refractivity contribution in [2.24, 2.45) is 5.92 Å². The van der Waals surface area contributed by atoms with E-state index in [1.165, 1.54) is 0 Å². The highest BCUT2D eigenvalue weighted by molar-refractivity contribution is 5.85. The van der Waals surface area contributed by atoms with Gasteiger partial charge in [0, 0.05) is 13.1 Å².